The molecule has 1 saturated heterocycles. The van der Waals surface area contributed by atoms with E-state index < -0.39 is 0 Å². The molecule has 1 fully saturated rings. The van der Waals surface area contributed by atoms with E-state index in [2.05, 4.69) is 38.1 Å². The van der Waals surface area contributed by atoms with Gasteiger partial charge in [0.1, 0.15) is 5.82 Å². The number of guanidine groups is 1. The highest BCUT2D eigenvalue weighted by molar-refractivity contribution is 14.0. The Kier molecular flexibility index (Phi) is 11.9. The first-order chi connectivity index (χ1) is 15.2. The summed E-state index contributed by atoms with van der Waals surface area (Å²) in [5, 5.41) is 10.1. The fourth-order valence-corrected chi connectivity index (χ4v) is 3.72. The maximum atomic E-state index is 12.3. The summed E-state index contributed by atoms with van der Waals surface area (Å²) < 4.78 is 0. The van der Waals surface area contributed by atoms with Gasteiger partial charge in [-0.15, -0.1) is 24.0 Å². The average molecular weight is 550 g/mol. The number of carbonyl (C=O) groups excluding carboxylic acids is 1. The molecular formula is C24H35IN6O. The van der Waals surface area contributed by atoms with Crippen molar-refractivity contribution < 1.29 is 4.79 Å². The van der Waals surface area contributed by atoms with Crippen LogP contribution in [-0.4, -0.2) is 61.5 Å². The standard InChI is InChI=1S/C24H34N6O.HI/c1-25-24(28-15-8-7-14-27-22-11-5-6-13-26-22)29-18-21-17-23(31)30(19-21)16-12-20-9-3-2-4-10-20;/h2-6,9-11,13,21H,7-8,12,14-19H2,1H3,(H,26,27)(H2,25,28,29);1H. The van der Waals surface area contributed by atoms with Crippen molar-refractivity contribution >= 4 is 41.7 Å². The van der Waals surface area contributed by atoms with Crippen LogP contribution in [0.5, 0.6) is 0 Å². The molecule has 0 bridgehead atoms. The van der Waals surface area contributed by atoms with E-state index >= 15 is 0 Å². The summed E-state index contributed by atoms with van der Waals surface area (Å²) in [4.78, 5) is 22.9. The van der Waals surface area contributed by atoms with Crippen molar-refractivity contribution in [2.24, 2.45) is 10.9 Å². The number of aliphatic imine (C=N–C) groups is 1. The summed E-state index contributed by atoms with van der Waals surface area (Å²) in [6, 6.07) is 16.2. The Balaban J connectivity index is 0.00000363. The van der Waals surface area contributed by atoms with Gasteiger partial charge in [-0.3, -0.25) is 9.79 Å². The Morgan fingerprint density at radius 1 is 1.09 bits per heavy atom. The van der Waals surface area contributed by atoms with E-state index in [1.54, 1.807) is 13.2 Å². The van der Waals surface area contributed by atoms with Crippen molar-refractivity contribution in [3.63, 3.8) is 0 Å². The van der Waals surface area contributed by atoms with Crippen LogP contribution in [0.4, 0.5) is 5.82 Å². The molecule has 7 nitrogen and oxygen atoms in total. The van der Waals surface area contributed by atoms with E-state index in [1.807, 2.05) is 41.3 Å². The number of aromatic nitrogens is 1. The number of carbonyl (C=O) groups is 1. The van der Waals surface area contributed by atoms with Gasteiger partial charge in [0.05, 0.1) is 0 Å². The van der Waals surface area contributed by atoms with E-state index in [4.69, 9.17) is 0 Å². The SMILES string of the molecule is CN=C(NCCCCNc1ccccn1)NCC1CC(=O)N(CCc2ccccc2)C1.I. The van der Waals surface area contributed by atoms with Crippen LogP contribution >= 0.6 is 24.0 Å². The van der Waals surface area contributed by atoms with Crippen LogP contribution in [0, 0.1) is 5.92 Å². The number of anilines is 1. The van der Waals surface area contributed by atoms with Gasteiger partial charge >= 0.3 is 0 Å². The first-order valence-electron chi connectivity index (χ1n) is 11.2. The highest BCUT2D eigenvalue weighted by Gasteiger charge is 2.29. The lowest BCUT2D eigenvalue weighted by molar-refractivity contribution is -0.127. The number of nitrogens with one attached hydrogen (secondary N) is 3. The van der Waals surface area contributed by atoms with Gasteiger partial charge in [-0.05, 0) is 37.0 Å². The Morgan fingerprint density at radius 2 is 1.88 bits per heavy atom. The number of rotatable bonds is 11. The number of hydrogen-bond acceptors (Lipinski definition) is 4. The van der Waals surface area contributed by atoms with E-state index in [0.717, 1.165) is 63.8 Å². The lowest BCUT2D eigenvalue weighted by Crippen LogP contribution is -2.40. The van der Waals surface area contributed by atoms with Crippen molar-refractivity contribution in [3.05, 3.63) is 60.3 Å². The number of nitrogens with zero attached hydrogens (tertiary/aromatic N) is 3. The van der Waals surface area contributed by atoms with Gasteiger partial charge in [0.25, 0.3) is 0 Å². The molecule has 1 aliphatic heterocycles. The molecule has 1 atom stereocenters. The monoisotopic (exact) mass is 550 g/mol. The summed E-state index contributed by atoms with van der Waals surface area (Å²) in [7, 11) is 1.78. The maximum absolute atomic E-state index is 12.3. The third-order valence-electron chi connectivity index (χ3n) is 5.46. The van der Waals surface area contributed by atoms with Crippen LogP contribution < -0.4 is 16.0 Å². The van der Waals surface area contributed by atoms with Crippen molar-refractivity contribution in [1.29, 1.82) is 0 Å². The molecule has 1 unspecified atom stereocenters. The van der Waals surface area contributed by atoms with Crippen molar-refractivity contribution in [1.82, 2.24) is 20.5 Å². The van der Waals surface area contributed by atoms with Crippen molar-refractivity contribution in [2.75, 3.05) is 45.1 Å². The minimum Gasteiger partial charge on any atom is -0.370 e. The highest BCUT2D eigenvalue weighted by atomic mass is 127. The number of unbranched alkanes of at least 4 members (excludes halogenated alkanes) is 1. The molecule has 0 spiro atoms. The smallest absolute Gasteiger partial charge is 0.223 e. The lowest BCUT2D eigenvalue weighted by atomic mass is 10.1. The van der Waals surface area contributed by atoms with Crippen molar-refractivity contribution in [2.45, 2.75) is 25.7 Å². The molecule has 1 amide bonds. The Labute approximate surface area is 208 Å². The third-order valence-corrected chi connectivity index (χ3v) is 5.46. The van der Waals surface area contributed by atoms with Gasteiger partial charge in [-0.25, -0.2) is 4.98 Å². The number of pyridine rings is 1. The largest absolute Gasteiger partial charge is 0.370 e. The molecule has 1 aromatic heterocycles. The van der Waals surface area contributed by atoms with Crippen LogP contribution in [-0.2, 0) is 11.2 Å². The number of benzene rings is 1. The molecule has 3 rings (SSSR count). The molecule has 32 heavy (non-hydrogen) atoms. The minimum absolute atomic E-state index is 0. The van der Waals surface area contributed by atoms with Crippen LogP contribution in [0.25, 0.3) is 0 Å². The lowest BCUT2D eigenvalue weighted by Gasteiger charge is -2.18. The summed E-state index contributed by atoms with van der Waals surface area (Å²) in [6.45, 7) is 4.12. The average Bonchev–Trinajstić information content (AvgIpc) is 3.17. The molecule has 0 aliphatic carbocycles. The molecule has 1 aliphatic rings. The molecule has 2 heterocycles. The van der Waals surface area contributed by atoms with E-state index in [9.17, 15) is 4.79 Å². The Hall–Kier alpha value is -2.36. The summed E-state index contributed by atoms with van der Waals surface area (Å²) >= 11 is 0. The van der Waals surface area contributed by atoms with Gasteiger partial charge in [-0.1, -0.05) is 36.4 Å². The molecule has 2 aromatic rings. The maximum Gasteiger partial charge on any atom is 0.223 e. The fraction of sp³-hybridized carbons (Fsp3) is 0.458. The molecule has 0 radical (unpaired) electrons. The summed E-state index contributed by atoms with van der Waals surface area (Å²) in [5.74, 6) is 2.29. The molecule has 1 aromatic carbocycles. The van der Waals surface area contributed by atoms with Gasteiger partial charge in [0, 0.05) is 58.3 Å². The third kappa shape index (κ3) is 9.02. The molecule has 3 N–H and O–H groups in total. The highest BCUT2D eigenvalue weighted by Crippen LogP contribution is 2.17. The summed E-state index contributed by atoms with van der Waals surface area (Å²) in [5.41, 5.74) is 1.27. The predicted octanol–water partition coefficient (Wildman–Crippen LogP) is 3.15. The number of likely N-dealkylation sites (tertiary alicyclic amines) is 1. The zero-order valence-corrected chi connectivity index (χ0v) is 21.1. The topological polar surface area (TPSA) is 81.6 Å². The zero-order valence-electron chi connectivity index (χ0n) is 18.8. The zero-order chi connectivity index (χ0) is 21.7. The molecule has 0 saturated carbocycles. The molecular weight excluding hydrogens is 515 g/mol. The van der Waals surface area contributed by atoms with Crippen LogP contribution in [0.15, 0.2) is 59.7 Å². The first-order valence-corrected chi connectivity index (χ1v) is 11.2. The number of hydrogen-bond donors (Lipinski definition) is 3. The predicted molar refractivity (Wildman–Crippen MR) is 142 cm³/mol. The van der Waals surface area contributed by atoms with Gasteiger partial charge < -0.3 is 20.9 Å². The normalized spacial score (nSPS) is 15.9. The fourth-order valence-electron chi connectivity index (χ4n) is 3.72. The van der Waals surface area contributed by atoms with Gasteiger partial charge in [-0.2, -0.15) is 0 Å². The Bertz CT molecular complexity index is 818. The van der Waals surface area contributed by atoms with Gasteiger partial charge in [0.15, 0.2) is 5.96 Å². The van der Waals surface area contributed by atoms with Crippen LogP contribution in [0.1, 0.15) is 24.8 Å². The minimum atomic E-state index is 0. The van der Waals surface area contributed by atoms with Crippen molar-refractivity contribution in [3.8, 4) is 0 Å². The molecule has 8 heteroatoms. The van der Waals surface area contributed by atoms with Crippen LogP contribution in [0.3, 0.4) is 0 Å². The second-order valence-electron chi connectivity index (χ2n) is 7.87. The number of amides is 1. The number of halogens is 1. The quantitative estimate of drug-likeness (QED) is 0.173. The van der Waals surface area contributed by atoms with Crippen LogP contribution in [0.2, 0.25) is 0 Å². The van der Waals surface area contributed by atoms with E-state index in [0.29, 0.717) is 12.3 Å². The van der Waals surface area contributed by atoms with Gasteiger partial charge in [0.2, 0.25) is 5.91 Å². The van der Waals surface area contributed by atoms with E-state index in [1.165, 1.54) is 5.56 Å². The van der Waals surface area contributed by atoms with E-state index in [-0.39, 0.29) is 29.9 Å². The Morgan fingerprint density at radius 3 is 2.62 bits per heavy atom. The second kappa shape index (κ2) is 14.7. The molecule has 174 valence electrons. The second-order valence-corrected chi connectivity index (χ2v) is 7.87. The summed E-state index contributed by atoms with van der Waals surface area (Å²) in [6.07, 6.45) is 5.40. The first kappa shape index (κ1) is 25.9.